The molecule has 0 saturated carbocycles. The van der Waals surface area contributed by atoms with E-state index in [-0.39, 0.29) is 12.2 Å². The third kappa shape index (κ3) is 2.49. The first-order valence-electron chi connectivity index (χ1n) is 4.92. The smallest absolute Gasteiger partial charge is 0.337 e. The maximum Gasteiger partial charge on any atom is 0.337 e. The van der Waals surface area contributed by atoms with Crippen molar-refractivity contribution in [3.8, 4) is 0 Å². The number of carboxylic acid groups (broad SMARTS) is 1. The van der Waals surface area contributed by atoms with E-state index in [1.54, 1.807) is 18.0 Å². The molecule has 0 spiro atoms. The number of carboxylic acids is 1. The number of aromatic nitrogens is 1. The molecule has 5 nitrogen and oxygen atoms in total. The monoisotopic (exact) mass is 224 g/mol. The van der Waals surface area contributed by atoms with Crippen LogP contribution in [0.4, 0.5) is 5.82 Å². The van der Waals surface area contributed by atoms with Crippen LogP contribution < -0.4 is 4.90 Å². The van der Waals surface area contributed by atoms with E-state index < -0.39 is 11.5 Å². The predicted octanol–water partition coefficient (Wildman–Crippen LogP) is 0.987. The molecule has 1 heterocycles. The molecule has 0 aliphatic rings. The fraction of sp³-hybridized carbons (Fsp3) is 0.455. The molecule has 1 rings (SSSR count). The van der Waals surface area contributed by atoms with Crippen LogP contribution in [0.15, 0.2) is 18.3 Å². The van der Waals surface area contributed by atoms with Crippen LogP contribution in [-0.2, 0) is 0 Å². The standard InChI is InChI=1S/C11H16N2O3/c1-11(2,7-14)13(3)9-5-4-8(6-12-9)10(15)16/h4-6,14H,7H2,1-3H3,(H,15,16). The summed E-state index contributed by atoms with van der Waals surface area (Å²) < 4.78 is 0. The zero-order chi connectivity index (χ0) is 12.3. The topological polar surface area (TPSA) is 73.7 Å². The van der Waals surface area contributed by atoms with E-state index in [1.165, 1.54) is 12.3 Å². The van der Waals surface area contributed by atoms with Gasteiger partial charge in [-0.25, -0.2) is 9.78 Å². The average molecular weight is 224 g/mol. The van der Waals surface area contributed by atoms with Crippen LogP contribution in [0, 0.1) is 0 Å². The van der Waals surface area contributed by atoms with E-state index in [9.17, 15) is 9.90 Å². The Morgan fingerprint density at radius 3 is 2.50 bits per heavy atom. The van der Waals surface area contributed by atoms with Gasteiger partial charge >= 0.3 is 5.97 Å². The lowest BCUT2D eigenvalue weighted by Gasteiger charge is -2.34. The minimum atomic E-state index is -0.997. The van der Waals surface area contributed by atoms with Gasteiger partial charge in [-0.05, 0) is 26.0 Å². The van der Waals surface area contributed by atoms with Crippen LogP contribution in [0.25, 0.3) is 0 Å². The van der Waals surface area contributed by atoms with Gasteiger partial charge in [-0.15, -0.1) is 0 Å². The number of anilines is 1. The van der Waals surface area contributed by atoms with Crippen molar-refractivity contribution in [3.63, 3.8) is 0 Å². The lowest BCUT2D eigenvalue weighted by molar-refractivity contribution is 0.0696. The fourth-order valence-electron chi connectivity index (χ4n) is 1.13. The number of rotatable bonds is 4. The summed E-state index contributed by atoms with van der Waals surface area (Å²) in [5.74, 6) is -0.368. The van der Waals surface area contributed by atoms with Crippen molar-refractivity contribution >= 4 is 11.8 Å². The molecular formula is C11H16N2O3. The molecule has 2 N–H and O–H groups in total. The summed E-state index contributed by atoms with van der Waals surface area (Å²) in [7, 11) is 1.80. The maximum absolute atomic E-state index is 10.6. The minimum Gasteiger partial charge on any atom is -0.478 e. The van der Waals surface area contributed by atoms with Gasteiger partial charge in [0.05, 0.1) is 17.7 Å². The molecule has 5 heteroatoms. The van der Waals surface area contributed by atoms with Crippen molar-refractivity contribution in [2.75, 3.05) is 18.6 Å². The molecule has 0 aromatic carbocycles. The summed E-state index contributed by atoms with van der Waals surface area (Å²) in [5, 5.41) is 17.9. The van der Waals surface area contributed by atoms with E-state index in [2.05, 4.69) is 4.98 Å². The number of aliphatic hydroxyl groups is 1. The highest BCUT2D eigenvalue weighted by atomic mass is 16.4. The lowest BCUT2D eigenvalue weighted by atomic mass is 10.1. The Morgan fingerprint density at radius 2 is 2.12 bits per heavy atom. The summed E-state index contributed by atoms with van der Waals surface area (Å²) >= 11 is 0. The highest BCUT2D eigenvalue weighted by Crippen LogP contribution is 2.19. The summed E-state index contributed by atoms with van der Waals surface area (Å²) in [4.78, 5) is 16.5. The largest absolute Gasteiger partial charge is 0.478 e. The number of pyridine rings is 1. The van der Waals surface area contributed by atoms with Crippen molar-refractivity contribution < 1.29 is 15.0 Å². The third-order valence-corrected chi connectivity index (χ3v) is 2.63. The van der Waals surface area contributed by atoms with Crippen LogP contribution >= 0.6 is 0 Å². The molecule has 0 saturated heterocycles. The molecule has 1 aromatic rings. The fourth-order valence-corrected chi connectivity index (χ4v) is 1.13. The van der Waals surface area contributed by atoms with Crippen molar-refractivity contribution in [2.45, 2.75) is 19.4 Å². The normalized spacial score (nSPS) is 11.2. The molecular weight excluding hydrogens is 208 g/mol. The Morgan fingerprint density at radius 1 is 1.50 bits per heavy atom. The van der Waals surface area contributed by atoms with Gasteiger partial charge in [-0.1, -0.05) is 0 Å². The molecule has 1 aromatic heterocycles. The molecule has 0 unspecified atom stereocenters. The van der Waals surface area contributed by atoms with Crippen LogP contribution in [-0.4, -0.2) is 40.4 Å². The second-order valence-corrected chi connectivity index (χ2v) is 4.24. The van der Waals surface area contributed by atoms with E-state index in [0.717, 1.165) is 0 Å². The molecule has 0 aliphatic carbocycles. The van der Waals surface area contributed by atoms with Gasteiger partial charge in [0.15, 0.2) is 0 Å². The van der Waals surface area contributed by atoms with Crippen molar-refractivity contribution in [1.29, 1.82) is 0 Å². The minimum absolute atomic E-state index is 0.00807. The average Bonchev–Trinajstić information content (AvgIpc) is 2.28. The zero-order valence-electron chi connectivity index (χ0n) is 9.64. The highest BCUT2D eigenvalue weighted by Gasteiger charge is 2.23. The van der Waals surface area contributed by atoms with E-state index in [0.29, 0.717) is 5.82 Å². The lowest BCUT2D eigenvalue weighted by Crippen LogP contribution is -2.44. The van der Waals surface area contributed by atoms with Gasteiger partial charge in [0.2, 0.25) is 0 Å². The molecule has 0 bridgehead atoms. The summed E-state index contributed by atoms with van der Waals surface area (Å²) in [5.41, 5.74) is -0.281. The van der Waals surface area contributed by atoms with Crippen molar-refractivity contribution in [2.24, 2.45) is 0 Å². The van der Waals surface area contributed by atoms with Crippen LogP contribution in [0.5, 0.6) is 0 Å². The molecule has 88 valence electrons. The number of aliphatic hydroxyl groups excluding tert-OH is 1. The Labute approximate surface area is 94.4 Å². The second kappa shape index (κ2) is 4.49. The van der Waals surface area contributed by atoms with Crippen molar-refractivity contribution in [3.05, 3.63) is 23.9 Å². The quantitative estimate of drug-likeness (QED) is 0.797. The summed E-state index contributed by atoms with van der Waals surface area (Å²) in [6, 6.07) is 3.12. The first kappa shape index (κ1) is 12.4. The number of nitrogens with zero attached hydrogens (tertiary/aromatic N) is 2. The Hall–Kier alpha value is -1.62. The van der Waals surface area contributed by atoms with Crippen LogP contribution in [0.1, 0.15) is 24.2 Å². The second-order valence-electron chi connectivity index (χ2n) is 4.24. The number of carbonyl (C=O) groups is 1. The SMILES string of the molecule is CN(c1ccc(C(=O)O)cn1)C(C)(C)CO. The van der Waals surface area contributed by atoms with E-state index in [4.69, 9.17) is 5.11 Å². The van der Waals surface area contributed by atoms with Gasteiger partial charge in [0.1, 0.15) is 5.82 Å². The Kier molecular flexibility index (Phi) is 3.49. The molecule has 0 aliphatic heterocycles. The Balaban J connectivity index is 2.94. The molecule has 0 atom stereocenters. The highest BCUT2D eigenvalue weighted by molar-refractivity contribution is 5.87. The first-order valence-corrected chi connectivity index (χ1v) is 4.92. The van der Waals surface area contributed by atoms with E-state index >= 15 is 0 Å². The van der Waals surface area contributed by atoms with Gasteiger partial charge in [0.25, 0.3) is 0 Å². The summed E-state index contributed by atoms with van der Waals surface area (Å²) in [6.45, 7) is 3.74. The third-order valence-electron chi connectivity index (χ3n) is 2.63. The van der Waals surface area contributed by atoms with Crippen LogP contribution in [0.2, 0.25) is 0 Å². The molecule has 16 heavy (non-hydrogen) atoms. The maximum atomic E-state index is 10.6. The number of hydrogen-bond acceptors (Lipinski definition) is 4. The number of hydrogen-bond donors (Lipinski definition) is 2. The predicted molar refractivity (Wildman–Crippen MR) is 60.8 cm³/mol. The van der Waals surface area contributed by atoms with E-state index in [1.807, 2.05) is 13.8 Å². The van der Waals surface area contributed by atoms with Gasteiger partial charge < -0.3 is 15.1 Å². The van der Waals surface area contributed by atoms with Crippen molar-refractivity contribution in [1.82, 2.24) is 4.98 Å². The van der Waals surface area contributed by atoms with Gasteiger partial charge in [-0.3, -0.25) is 0 Å². The Bertz CT molecular complexity index is 373. The molecule has 0 amide bonds. The number of aromatic carboxylic acids is 1. The first-order chi connectivity index (χ1) is 7.38. The van der Waals surface area contributed by atoms with Gasteiger partial charge in [0, 0.05) is 13.2 Å². The molecule has 0 fully saturated rings. The van der Waals surface area contributed by atoms with Crippen LogP contribution in [0.3, 0.4) is 0 Å². The van der Waals surface area contributed by atoms with Gasteiger partial charge in [-0.2, -0.15) is 0 Å². The summed E-state index contributed by atoms with van der Waals surface area (Å²) in [6.07, 6.45) is 1.31. The zero-order valence-corrected chi connectivity index (χ0v) is 9.64. The number of likely N-dealkylation sites (N-methyl/N-ethyl adjacent to an activating group) is 1. The molecule has 0 radical (unpaired) electrons.